The zero-order valence-electron chi connectivity index (χ0n) is 15.3. The van der Waals surface area contributed by atoms with Crippen LogP contribution in [0.25, 0.3) is 0 Å². The minimum absolute atomic E-state index is 0.0911. The molecule has 1 aromatic carbocycles. The lowest BCUT2D eigenvalue weighted by Gasteiger charge is -2.16. The van der Waals surface area contributed by atoms with Gasteiger partial charge >= 0.3 is 12.0 Å². The molecule has 3 N–H and O–H groups in total. The number of nitrogens with one attached hydrogen (secondary N) is 3. The summed E-state index contributed by atoms with van der Waals surface area (Å²) in [6.07, 6.45) is 5.65. The Bertz CT molecular complexity index is 879. The predicted octanol–water partition coefficient (Wildman–Crippen LogP) is 0.375. The van der Waals surface area contributed by atoms with Gasteiger partial charge in [-0.2, -0.15) is 4.72 Å². The summed E-state index contributed by atoms with van der Waals surface area (Å²) >= 11 is 0. The molecule has 0 bridgehead atoms. The van der Waals surface area contributed by atoms with E-state index in [0.29, 0.717) is 0 Å². The second-order valence-corrected chi connectivity index (χ2v) is 8.69. The first-order chi connectivity index (χ1) is 13.3. The summed E-state index contributed by atoms with van der Waals surface area (Å²) in [6.45, 7) is -1.28. The van der Waals surface area contributed by atoms with E-state index in [-0.39, 0.29) is 10.9 Å². The van der Waals surface area contributed by atoms with Crippen LogP contribution in [0.4, 0.5) is 4.79 Å². The molecular formula is C18H23N3O6S. The van der Waals surface area contributed by atoms with E-state index in [0.717, 1.165) is 49.7 Å². The number of hydrogen-bond acceptors (Lipinski definition) is 6. The first-order valence-corrected chi connectivity index (χ1v) is 10.7. The van der Waals surface area contributed by atoms with E-state index in [1.165, 1.54) is 6.07 Å². The predicted molar refractivity (Wildman–Crippen MR) is 98.9 cm³/mol. The van der Waals surface area contributed by atoms with Gasteiger partial charge in [-0.15, -0.1) is 0 Å². The van der Waals surface area contributed by atoms with Crippen LogP contribution in [0.15, 0.2) is 23.1 Å². The van der Waals surface area contributed by atoms with Gasteiger partial charge in [0.2, 0.25) is 10.0 Å². The van der Waals surface area contributed by atoms with Crippen LogP contribution < -0.4 is 15.4 Å². The van der Waals surface area contributed by atoms with Gasteiger partial charge in [0.25, 0.3) is 5.91 Å². The summed E-state index contributed by atoms with van der Waals surface area (Å²) in [5.41, 5.74) is 2.17. The third kappa shape index (κ3) is 5.77. The molecule has 2 aliphatic rings. The number of urea groups is 1. The van der Waals surface area contributed by atoms with Crippen LogP contribution in [0, 0.1) is 0 Å². The third-order valence-corrected chi connectivity index (χ3v) is 5.97. The minimum Gasteiger partial charge on any atom is -0.455 e. The van der Waals surface area contributed by atoms with Gasteiger partial charge in [0.15, 0.2) is 6.61 Å². The van der Waals surface area contributed by atoms with Crippen molar-refractivity contribution in [2.75, 3.05) is 13.2 Å². The number of sulfonamides is 1. The van der Waals surface area contributed by atoms with Gasteiger partial charge in [-0.25, -0.2) is 13.2 Å². The van der Waals surface area contributed by atoms with E-state index >= 15 is 0 Å². The number of amides is 3. The summed E-state index contributed by atoms with van der Waals surface area (Å²) in [7, 11) is -3.87. The molecule has 0 radical (unpaired) electrons. The van der Waals surface area contributed by atoms with Crippen molar-refractivity contribution in [2.45, 2.75) is 49.5 Å². The van der Waals surface area contributed by atoms with Crippen LogP contribution in [-0.4, -0.2) is 45.5 Å². The van der Waals surface area contributed by atoms with Gasteiger partial charge in [-0.1, -0.05) is 6.07 Å². The molecule has 152 valence electrons. The molecule has 1 aromatic rings. The molecule has 0 heterocycles. The van der Waals surface area contributed by atoms with Gasteiger partial charge in [-0.05, 0) is 61.8 Å². The summed E-state index contributed by atoms with van der Waals surface area (Å²) in [6, 6.07) is 4.40. The van der Waals surface area contributed by atoms with Crippen molar-refractivity contribution >= 4 is 27.9 Å². The second kappa shape index (κ2) is 8.70. The average molecular weight is 409 g/mol. The van der Waals surface area contributed by atoms with Gasteiger partial charge in [0, 0.05) is 6.04 Å². The lowest BCUT2D eigenvalue weighted by molar-refractivity contribution is -0.147. The maximum atomic E-state index is 12.4. The largest absolute Gasteiger partial charge is 0.455 e. The number of esters is 1. The van der Waals surface area contributed by atoms with Crippen molar-refractivity contribution in [2.24, 2.45) is 0 Å². The molecule has 1 fully saturated rings. The monoisotopic (exact) mass is 409 g/mol. The zero-order valence-corrected chi connectivity index (χ0v) is 16.1. The Hall–Kier alpha value is -2.46. The lowest BCUT2D eigenvalue weighted by atomic mass is 9.92. The summed E-state index contributed by atoms with van der Waals surface area (Å²) in [5.74, 6) is -1.71. The first-order valence-electron chi connectivity index (χ1n) is 9.21. The normalized spacial score (nSPS) is 16.0. The fourth-order valence-electron chi connectivity index (χ4n) is 2.92. The molecule has 0 atom stereocenters. The van der Waals surface area contributed by atoms with Crippen LogP contribution >= 0.6 is 0 Å². The van der Waals surface area contributed by atoms with E-state index < -0.39 is 41.1 Å². The van der Waals surface area contributed by atoms with Crippen LogP contribution in [-0.2, 0) is 37.2 Å². The fourth-order valence-corrected chi connectivity index (χ4v) is 3.94. The Balaban J connectivity index is 1.44. The van der Waals surface area contributed by atoms with Crippen molar-refractivity contribution < 1.29 is 27.5 Å². The molecule has 10 heteroatoms. The Kier molecular flexibility index (Phi) is 6.30. The zero-order chi connectivity index (χ0) is 20.1. The van der Waals surface area contributed by atoms with E-state index in [4.69, 9.17) is 0 Å². The third-order valence-electron chi connectivity index (χ3n) is 4.57. The molecular weight excluding hydrogens is 386 g/mol. The number of benzene rings is 1. The maximum absolute atomic E-state index is 12.4. The first kappa shape index (κ1) is 20.3. The van der Waals surface area contributed by atoms with Crippen LogP contribution in [0.3, 0.4) is 0 Å². The number of rotatable bonds is 7. The van der Waals surface area contributed by atoms with E-state index in [2.05, 4.69) is 14.8 Å². The van der Waals surface area contributed by atoms with Crippen molar-refractivity contribution in [1.29, 1.82) is 0 Å². The van der Waals surface area contributed by atoms with E-state index in [1.807, 2.05) is 5.32 Å². The Morgan fingerprint density at radius 3 is 2.50 bits per heavy atom. The number of aryl methyl sites for hydroxylation is 2. The fraction of sp³-hybridized carbons (Fsp3) is 0.500. The molecule has 9 nitrogen and oxygen atoms in total. The minimum atomic E-state index is -3.87. The molecule has 0 aromatic heterocycles. The molecule has 2 aliphatic carbocycles. The van der Waals surface area contributed by atoms with E-state index in [9.17, 15) is 22.8 Å². The number of carbonyl (C=O) groups excluding carboxylic acids is 3. The molecule has 0 spiro atoms. The van der Waals surface area contributed by atoms with Crippen molar-refractivity contribution in [1.82, 2.24) is 15.4 Å². The molecule has 0 saturated heterocycles. The molecule has 1 saturated carbocycles. The Labute approximate surface area is 163 Å². The summed E-state index contributed by atoms with van der Waals surface area (Å²) in [4.78, 5) is 34.7. The maximum Gasteiger partial charge on any atom is 0.321 e. The molecule has 0 unspecified atom stereocenters. The number of carbonyl (C=O) groups is 3. The van der Waals surface area contributed by atoms with E-state index in [1.54, 1.807) is 12.1 Å². The molecule has 3 rings (SSSR count). The molecule has 28 heavy (non-hydrogen) atoms. The number of fused-ring (bicyclic) bond motifs is 1. The van der Waals surface area contributed by atoms with Gasteiger partial charge in [0.1, 0.15) is 6.54 Å². The second-order valence-electron chi connectivity index (χ2n) is 6.92. The van der Waals surface area contributed by atoms with Crippen molar-refractivity contribution in [3.05, 3.63) is 29.3 Å². The SMILES string of the molecule is O=C(COC(=O)CNS(=O)(=O)c1ccc2c(c1)CCCC2)NC(=O)NC1CC1. The quantitative estimate of drug-likeness (QED) is 0.558. The smallest absolute Gasteiger partial charge is 0.321 e. The highest BCUT2D eigenvalue weighted by Crippen LogP contribution is 2.24. The standard InChI is InChI=1S/C18H23N3O6S/c22-16(21-18(24)20-14-6-7-14)11-27-17(23)10-19-28(25,26)15-8-5-12-3-1-2-4-13(12)9-15/h5,8-9,14,19H,1-4,6-7,10-11H2,(H2,20,21,22,24). The highest BCUT2D eigenvalue weighted by molar-refractivity contribution is 7.89. The highest BCUT2D eigenvalue weighted by atomic mass is 32.2. The van der Waals surface area contributed by atoms with Gasteiger partial charge in [-0.3, -0.25) is 14.9 Å². The molecule has 0 aliphatic heterocycles. The summed E-state index contributed by atoms with van der Waals surface area (Å²) in [5, 5.41) is 4.58. The van der Waals surface area contributed by atoms with Crippen molar-refractivity contribution in [3.8, 4) is 0 Å². The number of hydrogen-bond donors (Lipinski definition) is 3. The Morgan fingerprint density at radius 1 is 1.07 bits per heavy atom. The van der Waals surface area contributed by atoms with Crippen LogP contribution in [0.2, 0.25) is 0 Å². The Morgan fingerprint density at radius 2 is 1.79 bits per heavy atom. The topological polar surface area (TPSA) is 131 Å². The number of imide groups is 1. The lowest BCUT2D eigenvalue weighted by Crippen LogP contribution is -2.42. The highest BCUT2D eigenvalue weighted by Gasteiger charge is 2.24. The molecule has 3 amide bonds. The number of ether oxygens (including phenoxy) is 1. The summed E-state index contributed by atoms with van der Waals surface area (Å²) < 4.78 is 31.6. The average Bonchev–Trinajstić information content (AvgIpc) is 3.48. The van der Waals surface area contributed by atoms with Gasteiger partial charge in [0.05, 0.1) is 4.90 Å². The van der Waals surface area contributed by atoms with Crippen LogP contribution in [0.1, 0.15) is 36.8 Å². The van der Waals surface area contributed by atoms with Crippen LogP contribution in [0.5, 0.6) is 0 Å². The van der Waals surface area contributed by atoms with Crippen molar-refractivity contribution in [3.63, 3.8) is 0 Å². The van der Waals surface area contributed by atoms with Gasteiger partial charge < -0.3 is 10.1 Å².